The fourth-order valence-electron chi connectivity index (χ4n) is 1.99. The summed E-state index contributed by atoms with van der Waals surface area (Å²) in [6.45, 7) is 3.74. The Morgan fingerprint density at radius 3 is 2.38 bits per heavy atom. The molecule has 0 aliphatic rings. The monoisotopic (exact) mass is 356 g/mol. The van der Waals surface area contributed by atoms with Gasteiger partial charge in [-0.3, -0.25) is 0 Å². The number of hydrogen-bond acceptors (Lipinski definition) is 2. The van der Waals surface area contributed by atoms with Crippen LogP contribution in [-0.2, 0) is 0 Å². The predicted octanol–water partition coefficient (Wildman–Crippen LogP) is 4.60. The van der Waals surface area contributed by atoms with Crippen LogP contribution in [0, 0.1) is 11.6 Å². The highest BCUT2D eigenvalue weighted by atomic mass is 79.9. The summed E-state index contributed by atoms with van der Waals surface area (Å²) in [5.74, 6) is -1.48. The average molecular weight is 357 g/mol. The SMILES string of the molecule is CC(C)Oc1ccccc1C(O)c1ccc(F)c(F)c1Br. The van der Waals surface area contributed by atoms with E-state index in [1.54, 1.807) is 24.3 Å². The first-order valence-electron chi connectivity index (χ1n) is 6.49. The Morgan fingerprint density at radius 1 is 1.05 bits per heavy atom. The van der Waals surface area contributed by atoms with Gasteiger partial charge in [-0.15, -0.1) is 0 Å². The lowest BCUT2D eigenvalue weighted by molar-refractivity contribution is 0.197. The highest BCUT2D eigenvalue weighted by Gasteiger charge is 2.21. The van der Waals surface area contributed by atoms with E-state index in [1.165, 1.54) is 6.07 Å². The molecule has 0 aliphatic heterocycles. The lowest BCUT2D eigenvalue weighted by atomic mass is 10.0. The number of para-hydroxylation sites is 1. The molecule has 0 fully saturated rings. The maximum atomic E-state index is 13.6. The van der Waals surface area contributed by atoms with E-state index in [1.807, 2.05) is 13.8 Å². The van der Waals surface area contributed by atoms with Gasteiger partial charge in [-0.05, 0) is 41.9 Å². The van der Waals surface area contributed by atoms with Gasteiger partial charge in [0.05, 0.1) is 10.6 Å². The van der Waals surface area contributed by atoms with Crippen LogP contribution in [0.25, 0.3) is 0 Å². The van der Waals surface area contributed by atoms with Crippen molar-refractivity contribution in [1.29, 1.82) is 0 Å². The van der Waals surface area contributed by atoms with Crippen LogP contribution in [-0.4, -0.2) is 11.2 Å². The molecule has 1 unspecified atom stereocenters. The Bertz CT molecular complexity index is 644. The van der Waals surface area contributed by atoms with E-state index in [4.69, 9.17) is 4.74 Å². The molecule has 1 N–H and O–H groups in total. The minimum Gasteiger partial charge on any atom is -0.491 e. The second-order valence-corrected chi connectivity index (χ2v) is 5.66. The second-order valence-electron chi connectivity index (χ2n) is 4.87. The Labute approximate surface area is 130 Å². The average Bonchev–Trinajstić information content (AvgIpc) is 2.44. The first-order chi connectivity index (χ1) is 9.91. The first kappa shape index (κ1) is 15.9. The van der Waals surface area contributed by atoms with Crippen LogP contribution in [0.5, 0.6) is 5.75 Å². The van der Waals surface area contributed by atoms with E-state index in [0.717, 1.165) is 6.07 Å². The minimum atomic E-state index is -1.12. The quantitative estimate of drug-likeness (QED) is 0.811. The Kier molecular flexibility index (Phi) is 4.96. The van der Waals surface area contributed by atoms with Crippen molar-refractivity contribution in [2.45, 2.75) is 26.1 Å². The topological polar surface area (TPSA) is 29.5 Å². The normalized spacial score (nSPS) is 12.5. The third-order valence-corrected chi connectivity index (χ3v) is 3.74. The smallest absolute Gasteiger partial charge is 0.173 e. The molecular formula is C16H15BrF2O2. The van der Waals surface area contributed by atoms with Gasteiger partial charge in [0.25, 0.3) is 0 Å². The summed E-state index contributed by atoms with van der Waals surface area (Å²) < 4.78 is 32.3. The molecule has 5 heteroatoms. The molecule has 0 radical (unpaired) electrons. The molecule has 21 heavy (non-hydrogen) atoms. The van der Waals surface area contributed by atoms with Gasteiger partial charge in [-0.25, -0.2) is 8.78 Å². The van der Waals surface area contributed by atoms with E-state index in [9.17, 15) is 13.9 Å². The molecule has 0 saturated heterocycles. The van der Waals surface area contributed by atoms with Crippen molar-refractivity contribution in [3.8, 4) is 5.75 Å². The van der Waals surface area contributed by atoms with Gasteiger partial charge in [-0.1, -0.05) is 24.3 Å². The van der Waals surface area contributed by atoms with E-state index >= 15 is 0 Å². The van der Waals surface area contributed by atoms with Crippen molar-refractivity contribution in [2.24, 2.45) is 0 Å². The number of aliphatic hydroxyl groups is 1. The summed E-state index contributed by atoms with van der Waals surface area (Å²) in [4.78, 5) is 0. The summed E-state index contributed by atoms with van der Waals surface area (Å²) in [6.07, 6.45) is -1.18. The van der Waals surface area contributed by atoms with Gasteiger partial charge in [0.1, 0.15) is 11.9 Å². The van der Waals surface area contributed by atoms with Crippen LogP contribution in [0.1, 0.15) is 31.1 Å². The highest BCUT2D eigenvalue weighted by molar-refractivity contribution is 9.10. The summed E-state index contributed by atoms with van der Waals surface area (Å²) in [5, 5.41) is 10.5. The van der Waals surface area contributed by atoms with Crippen molar-refractivity contribution in [3.05, 3.63) is 63.6 Å². The van der Waals surface area contributed by atoms with Crippen LogP contribution in [0.15, 0.2) is 40.9 Å². The van der Waals surface area contributed by atoms with Crippen molar-refractivity contribution >= 4 is 15.9 Å². The van der Waals surface area contributed by atoms with Crippen molar-refractivity contribution in [1.82, 2.24) is 0 Å². The maximum Gasteiger partial charge on any atom is 0.173 e. The minimum absolute atomic E-state index is 0.0632. The molecule has 0 heterocycles. The van der Waals surface area contributed by atoms with Crippen molar-refractivity contribution < 1.29 is 18.6 Å². The summed E-state index contributed by atoms with van der Waals surface area (Å²) in [7, 11) is 0. The Balaban J connectivity index is 2.45. The van der Waals surface area contributed by atoms with Crippen LogP contribution in [0.3, 0.4) is 0 Å². The van der Waals surface area contributed by atoms with E-state index in [0.29, 0.717) is 11.3 Å². The molecule has 112 valence electrons. The van der Waals surface area contributed by atoms with Crippen LogP contribution < -0.4 is 4.74 Å². The number of rotatable bonds is 4. The number of ether oxygens (including phenoxy) is 1. The summed E-state index contributed by atoms with van der Waals surface area (Å²) in [5.41, 5.74) is 0.742. The van der Waals surface area contributed by atoms with Gasteiger partial charge >= 0.3 is 0 Å². The molecule has 0 amide bonds. The zero-order valence-corrected chi connectivity index (χ0v) is 13.2. The molecule has 1 atom stereocenters. The molecule has 0 aliphatic carbocycles. The molecular weight excluding hydrogens is 342 g/mol. The zero-order chi connectivity index (χ0) is 15.6. The first-order valence-corrected chi connectivity index (χ1v) is 7.28. The van der Waals surface area contributed by atoms with Crippen LogP contribution in [0.4, 0.5) is 8.78 Å². The number of halogens is 3. The van der Waals surface area contributed by atoms with Crippen LogP contribution >= 0.6 is 15.9 Å². The van der Waals surface area contributed by atoms with Gasteiger partial charge in [0.15, 0.2) is 11.6 Å². The molecule has 2 nitrogen and oxygen atoms in total. The van der Waals surface area contributed by atoms with E-state index in [2.05, 4.69) is 15.9 Å². The zero-order valence-electron chi connectivity index (χ0n) is 11.6. The summed E-state index contributed by atoms with van der Waals surface area (Å²) >= 11 is 2.99. The lowest BCUT2D eigenvalue weighted by Crippen LogP contribution is -2.10. The number of hydrogen-bond donors (Lipinski definition) is 1. The molecule has 0 spiro atoms. The summed E-state index contributed by atoms with van der Waals surface area (Å²) in [6, 6.07) is 9.29. The number of aliphatic hydroxyl groups excluding tert-OH is 1. The third-order valence-electron chi connectivity index (χ3n) is 2.94. The largest absolute Gasteiger partial charge is 0.491 e. The van der Waals surface area contributed by atoms with Crippen LogP contribution in [0.2, 0.25) is 0 Å². The standard InChI is InChI=1S/C16H15BrF2O2/c1-9(2)21-13-6-4-3-5-10(13)16(20)11-7-8-12(18)15(19)14(11)17/h3-9,16,20H,1-2H3. The fourth-order valence-corrected chi connectivity index (χ4v) is 2.53. The van der Waals surface area contributed by atoms with Gasteiger partial charge in [0.2, 0.25) is 0 Å². The molecule has 2 aromatic carbocycles. The Morgan fingerprint density at radius 2 is 1.71 bits per heavy atom. The predicted molar refractivity (Wildman–Crippen MR) is 80.3 cm³/mol. The van der Waals surface area contributed by atoms with E-state index in [-0.39, 0.29) is 16.1 Å². The van der Waals surface area contributed by atoms with Crippen molar-refractivity contribution in [3.63, 3.8) is 0 Å². The second kappa shape index (κ2) is 6.54. The molecule has 0 bridgehead atoms. The molecule has 0 saturated carbocycles. The fraction of sp³-hybridized carbons (Fsp3) is 0.250. The third kappa shape index (κ3) is 3.41. The molecule has 0 aromatic heterocycles. The van der Waals surface area contributed by atoms with Gasteiger partial charge in [-0.2, -0.15) is 0 Å². The van der Waals surface area contributed by atoms with Gasteiger partial charge in [0, 0.05) is 11.1 Å². The molecule has 2 aromatic rings. The Hall–Kier alpha value is -1.46. The molecule has 2 rings (SSSR count). The number of benzene rings is 2. The maximum absolute atomic E-state index is 13.6. The van der Waals surface area contributed by atoms with Gasteiger partial charge < -0.3 is 9.84 Å². The van der Waals surface area contributed by atoms with E-state index < -0.39 is 17.7 Å². The lowest BCUT2D eigenvalue weighted by Gasteiger charge is -2.19. The van der Waals surface area contributed by atoms with Crippen molar-refractivity contribution in [2.75, 3.05) is 0 Å². The highest BCUT2D eigenvalue weighted by Crippen LogP contribution is 2.35.